The van der Waals surface area contributed by atoms with Crippen LogP contribution in [-0.4, -0.2) is 38.7 Å². The molecule has 0 amide bonds. The zero-order chi connectivity index (χ0) is 21.9. The van der Waals surface area contributed by atoms with Crippen molar-refractivity contribution < 1.29 is 27.8 Å². The number of rotatable bonds is 6. The molecule has 0 unspecified atom stereocenters. The second kappa shape index (κ2) is 8.73. The van der Waals surface area contributed by atoms with E-state index in [2.05, 4.69) is 9.72 Å². The summed E-state index contributed by atoms with van der Waals surface area (Å²) in [5.74, 6) is -1.53. The van der Waals surface area contributed by atoms with Gasteiger partial charge in [0.15, 0.2) is 15.6 Å². The Morgan fingerprint density at radius 1 is 1.13 bits per heavy atom. The number of sulfone groups is 1. The zero-order valence-corrected chi connectivity index (χ0v) is 17.7. The van der Waals surface area contributed by atoms with E-state index in [4.69, 9.17) is 16.3 Å². The number of ether oxygens (including phenoxy) is 2. The summed E-state index contributed by atoms with van der Waals surface area (Å²) >= 11 is 5.94. The maximum atomic E-state index is 13.1. The number of methoxy groups -OCH3 is 2. The molecule has 1 aromatic heterocycles. The van der Waals surface area contributed by atoms with Gasteiger partial charge >= 0.3 is 5.97 Å². The molecule has 0 atom stereocenters. The quantitative estimate of drug-likeness (QED) is 0.572. The van der Waals surface area contributed by atoms with E-state index < -0.39 is 32.2 Å². The number of phenols is 1. The number of hydrogen-bond donors (Lipinski definition) is 1. The number of aromatic nitrogens is 1. The predicted octanol–water partition coefficient (Wildman–Crippen LogP) is 3.88. The van der Waals surface area contributed by atoms with Crippen LogP contribution in [0.2, 0.25) is 5.02 Å². The van der Waals surface area contributed by atoms with Crippen molar-refractivity contribution in [3.63, 3.8) is 0 Å². The van der Waals surface area contributed by atoms with Gasteiger partial charge in [0.1, 0.15) is 10.6 Å². The van der Waals surface area contributed by atoms with Gasteiger partial charge in [0.05, 0.1) is 30.6 Å². The van der Waals surface area contributed by atoms with E-state index in [1.807, 2.05) is 6.07 Å². The van der Waals surface area contributed by atoms with Crippen LogP contribution < -0.4 is 4.74 Å². The standard InChI is InChI=1S/C21H18ClNO6S/c1-28-18-6-5-13(14-4-3-7-23-11-14)8-16(18)12-30(26,27)19-10-15(21(25)29-2)9-17(22)20(19)24/h3-11,24H,12H2,1-2H3. The van der Waals surface area contributed by atoms with Crippen LogP contribution in [0.1, 0.15) is 15.9 Å². The number of carbonyl (C=O) groups is 1. The normalized spacial score (nSPS) is 11.2. The van der Waals surface area contributed by atoms with Gasteiger partial charge in [-0.1, -0.05) is 23.7 Å². The van der Waals surface area contributed by atoms with Gasteiger partial charge in [0.2, 0.25) is 0 Å². The monoisotopic (exact) mass is 447 g/mol. The molecule has 3 aromatic rings. The predicted molar refractivity (Wildman–Crippen MR) is 112 cm³/mol. The Bertz CT molecular complexity index is 1200. The summed E-state index contributed by atoms with van der Waals surface area (Å²) in [6, 6.07) is 10.9. The van der Waals surface area contributed by atoms with Gasteiger partial charge in [-0.15, -0.1) is 0 Å². The van der Waals surface area contributed by atoms with Crippen molar-refractivity contribution in [3.05, 3.63) is 71.0 Å². The van der Waals surface area contributed by atoms with Gasteiger partial charge in [-0.2, -0.15) is 0 Å². The molecule has 0 aliphatic heterocycles. The summed E-state index contributed by atoms with van der Waals surface area (Å²) < 4.78 is 36.2. The Morgan fingerprint density at radius 3 is 2.53 bits per heavy atom. The first-order chi connectivity index (χ1) is 14.3. The number of halogens is 1. The number of esters is 1. The van der Waals surface area contributed by atoms with Gasteiger partial charge in [0, 0.05) is 23.5 Å². The lowest BCUT2D eigenvalue weighted by molar-refractivity contribution is 0.0600. The lowest BCUT2D eigenvalue weighted by Crippen LogP contribution is -2.09. The summed E-state index contributed by atoms with van der Waals surface area (Å²) in [6.45, 7) is 0. The maximum Gasteiger partial charge on any atom is 0.337 e. The number of aromatic hydroxyl groups is 1. The highest BCUT2D eigenvalue weighted by molar-refractivity contribution is 7.90. The van der Waals surface area contributed by atoms with Crippen LogP contribution in [0.5, 0.6) is 11.5 Å². The van der Waals surface area contributed by atoms with Crippen molar-refractivity contribution in [1.29, 1.82) is 0 Å². The fourth-order valence-corrected chi connectivity index (χ4v) is 4.71. The minimum absolute atomic E-state index is 0.0880. The molecule has 156 valence electrons. The van der Waals surface area contributed by atoms with Crippen LogP contribution >= 0.6 is 11.6 Å². The average molecular weight is 448 g/mol. The first-order valence-electron chi connectivity index (χ1n) is 8.67. The fraction of sp³-hybridized carbons (Fsp3) is 0.143. The third-order valence-electron chi connectivity index (χ3n) is 4.41. The molecule has 3 rings (SSSR count). The Hall–Kier alpha value is -3.10. The van der Waals surface area contributed by atoms with E-state index in [0.717, 1.165) is 30.4 Å². The van der Waals surface area contributed by atoms with E-state index in [9.17, 15) is 18.3 Å². The second-order valence-electron chi connectivity index (χ2n) is 6.32. The van der Waals surface area contributed by atoms with Crippen LogP contribution in [0.3, 0.4) is 0 Å². The lowest BCUT2D eigenvalue weighted by atomic mass is 10.0. The number of phenolic OH excluding ortho intramolecular Hbond substituents is 1. The van der Waals surface area contributed by atoms with Crippen molar-refractivity contribution in [2.45, 2.75) is 10.6 Å². The molecular weight excluding hydrogens is 430 g/mol. The van der Waals surface area contributed by atoms with Crippen molar-refractivity contribution in [2.75, 3.05) is 14.2 Å². The highest BCUT2D eigenvalue weighted by Gasteiger charge is 2.26. The van der Waals surface area contributed by atoms with Gasteiger partial charge in [-0.05, 0) is 35.9 Å². The minimum atomic E-state index is -4.10. The van der Waals surface area contributed by atoms with Gasteiger partial charge in [0.25, 0.3) is 0 Å². The molecule has 2 aromatic carbocycles. The minimum Gasteiger partial charge on any atom is -0.505 e. The smallest absolute Gasteiger partial charge is 0.337 e. The number of nitrogens with zero attached hydrogens (tertiary/aromatic N) is 1. The first-order valence-corrected chi connectivity index (χ1v) is 10.7. The van der Waals surface area contributed by atoms with E-state index in [1.54, 1.807) is 36.7 Å². The molecule has 9 heteroatoms. The average Bonchev–Trinajstić information content (AvgIpc) is 2.75. The number of benzene rings is 2. The molecule has 0 bridgehead atoms. The fourth-order valence-electron chi connectivity index (χ4n) is 2.93. The number of hydrogen-bond acceptors (Lipinski definition) is 7. The van der Waals surface area contributed by atoms with E-state index in [-0.39, 0.29) is 10.6 Å². The number of carbonyl (C=O) groups excluding carboxylic acids is 1. The Balaban J connectivity index is 2.07. The number of pyridine rings is 1. The van der Waals surface area contributed by atoms with E-state index in [1.165, 1.54) is 7.11 Å². The molecule has 1 N–H and O–H groups in total. The summed E-state index contributed by atoms with van der Waals surface area (Å²) in [4.78, 5) is 15.4. The molecule has 0 saturated carbocycles. The van der Waals surface area contributed by atoms with E-state index in [0.29, 0.717) is 11.3 Å². The van der Waals surface area contributed by atoms with Crippen LogP contribution in [0.15, 0.2) is 59.8 Å². The van der Waals surface area contributed by atoms with E-state index >= 15 is 0 Å². The second-order valence-corrected chi connectivity index (χ2v) is 8.69. The van der Waals surface area contributed by atoms with Gasteiger partial charge < -0.3 is 14.6 Å². The molecule has 0 radical (unpaired) electrons. The van der Waals surface area contributed by atoms with Crippen LogP contribution in [0.25, 0.3) is 11.1 Å². The molecule has 1 heterocycles. The third kappa shape index (κ3) is 4.39. The van der Waals surface area contributed by atoms with Gasteiger partial charge in [-0.3, -0.25) is 4.98 Å². The highest BCUT2D eigenvalue weighted by Crippen LogP contribution is 2.36. The lowest BCUT2D eigenvalue weighted by Gasteiger charge is -2.13. The van der Waals surface area contributed by atoms with Crippen LogP contribution in [-0.2, 0) is 20.3 Å². The Kier molecular flexibility index (Phi) is 6.28. The largest absolute Gasteiger partial charge is 0.505 e. The molecule has 0 spiro atoms. The first kappa shape index (κ1) is 21.6. The highest BCUT2D eigenvalue weighted by atomic mass is 35.5. The molecule has 30 heavy (non-hydrogen) atoms. The molecule has 0 fully saturated rings. The van der Waals surface area contributed by atoms with Crippen molar-refractivity contribution in [3.8, 4) is 22.6 Å². The Morgan fingerprint density at radius 2 is 1.90 bits per heavy atom. The summed E-state index contributed by atoms with van der Waals surface area (Å²) in [5.41, 5.74) is 1.84. The molecular formula is C21H18ClNO6S. The topological polar surface area (TPSA) is 103 Å². The third-order valence-corrected chi connectivity index (χ3v) is 6.37. The Labute approximate surface area is 178 Å². The molecule has 0 aliphatic carbocycles. The van der Waals surface area contributed by atoms with Crippen molar-refractivity contribution in [1.82, 2.24) is 4.98 Å². The SMILES string of the molecule is COC(=O)c1cc(Cl)c(O)c(S(=O)(=O)Cc2cc(-c3cccnc3)ccc2OC)c1. The van der Waals surface area contributed by atoms with Crippen LogP contribution in [0, 0.1) is 0 Å². The maximum absolute atomic E-state index is 13.1. The summed E-state index contributed by atoms with van der Waals surface area (Å²) in [7, 11) is -1.51. The zero-order valence-electron chi connectivity index (χ0n) is 16.1. The van der Waals surface area contributed by atoms with Crippen LogP contribution in [0.4, 0.5) is 0 Å². The molecule has 0 aliphatic rings. The van der Waals surface area contributed by atoms with Gasteiger partial charge in [-0.25, -0.2) is 13.2 Å². The molecule has 7 nitrogen and oxygen atoms in total. The summed E-state index contributed by atoms with van der Waals surface area (Å²) in [5, 5.41) is 9.98. The van der Waals surface area contributed by atoms with Crippen molar-refractivity contribution in [2.24, 2.45) is 0 Å². The molecule has 0 saturated heterocycles. The van der Waals surface area contributed by atoms with Crippen molar-refractivity contribution >= 4 is 27.4 Å². The summed E-state index contributed by atoms with van der Waals surface area (Å²) in [6.07, 6.45) is 3.30.